The normalized spacial score (nSPS) is 11.4. The van der Waals surface area contributed by atoms with Gasteiger partial charge in [-0.1, -0.05) is 11.8 Å². The summed E-state index contributed by atoms with van der Waals surface area (Å²) < 4.78 is 15.2. The van der Waals surface area contributed by atoms with Crippen LogP contribution in [0, 0.1) is 5.82 Å². The molecule has 140 valence electrons. The van der Waals surface area contributed by atoms with E-state index < -0.39 is 0 Å². The highest BCUT2D eigenvalue weighted by molar-refractivity contribution is 7.99. The zero-order valence-corrected chi connectivity index (χ0v) is 16.1. The fraction of sp³-hybridized carbons (Fsp3) is 0.263. The van der Waals surface area contributed by atoms with E-state index in [0.717, 1.165) is 5.56 Å². The van der Waals surface area contributed by atoms with Gasteiger partial charge in [-0.3, -0.25) is 14.3 Å². The van der Waals surface area contributed by atoms with Crippen molar-refractivity contribution in [1.82, 2.24) is 25.1 Å². The Bertz CT molecular complexity index is 920. The molecular formula is C19H20FN5OS. The number of benzene rings is 1. The van der Waals surface area contributed by atoms with Crippen LogP contribution >= 0.6 is 11.8 Å². The number of thioether (sulfide) groups is 1. The second-order valence-electron chi connectivity index (χ2n) is 6.95. The van der Waals surface area contributed by atoms with E-state index in [4.69, 9.17) is 0 Å². The van der Waals surface area contributed by atoms with Crippen molar-refractivity contribution in [3.8, 4) is 17.1 Å². The first-order chi connectivity index (χ1) is 12.8. The molecular weight excluding hydrogens is 365 g/mol. The standard InChI is InChI=1S/C19H20FN5OS/c1-19(2,3)22-16(26)12-27-18-24-23-17(13-5-4-10-21-11-13)25(18)15-8-6-14(20)7-9-15/h4-11H,12H2,1-3H3,(H,22,26). The number of nitrogens with zero attached hydrogens (tertiary/aromatic N) is 4. The molecule has 0 bridgehead atoms. The SMILES string of the molecule is CC(C)(C)NC(=O)CSc1nnc(-c2cccnc2)n1-c1ccc(F)cc1. The highest BCUT2D eigenvalue weighted by Gasteiger charge is 2.19. The van der Waals surface area contributed by atoms with Crippen molar-refractivity contribution in [2.24, 2.45) is 0 Å². The molecule has 6 nitrogen and oxygen atoms in total. The highest BCUT2D eigenvalue weighted by Crippen LogP contribution is 2.27. The van der Waals surface area contributed by atoms with E-state index in [2.05, 4.69) is 20.5 Å². The first kappa shape index (κ1) is 19.0. The number of hydrogen-bond acceptors (Lipinski definition) is 5. The van der Waals surface area contributed by atoms with Crippen molar-refractivity contribution >= 4 is 17.7 Å². The zero-order chi connectivity index (χ0) is 19.4. The van der Waals surface area contributed by atoms with Gasteiger partial charge in [0.05, 0.1) is 5.75 Å². The molecule has 0 aliphatic carbocycles. The van der Waals surface area contributed by atoms with Crippen molar-refractivity contribution in [3.05, 3.63) is 54.6 Å². The lowest BCUT2D eigenvalue weighted by atomic mass is 10.1. The van der Waals surface area contributed by atoms with Crippen molar-refractivity contribution < 1.29 is 9.18 Å². The minimum Gasteiger partial charge on any atom is -0.351 e. The van der Waals surface area contributed by atoms with E-state index in [0.29, 0.717) is 16.7 Å². The molecule has 0 fully saturated rings. The number of nitrogens with one attached hydrogen (secondary N) is 1. The lowest BCUT2D eigenvalue weighted by Crippen LogP contribution is -2.41. The molecule has 0 aliphatic heterocycles. The van der Waals surface area contributed by atoms with Crippen LogP contribution < -0.4 is 5.32 Å². The zero-order valence-electron chi connectivity index (χ0n) is 15.3. The van der Waals surface area contributed by atoms with Crippen LogP contribution in [0.1, 0.15) is 20.8 Å². The topological polar surface area (TPSA) is 72.7 Å². The Labute approximate surface area is 161 Å². The monoisotopic (exact) mass is 385 g/mol. The number of amides is 1. The quantitative estimate of drug-likeness (QED) is 0.681. The van der Waals surface area contributed by atoms with Gasteiger partial charge in [-0.2, -0.15) is 0 Å². The van der Waals surface area contributed by atoms with Crippen LogP contribution in [0.3, 0.4) is 0 Å². The third-order valence-electron chi connectivity index (χ3n) is 3.48. The van der Waals surface area contributed by atoms with Crippen LogP contribution in [0.2, 0.25) is 0 Å². The third-order valence-corrected chi connectivity index (χ3v) is 4.41. The van der Waals surface area contributed by atoms with Gasteiger partial charge in [0.15, 0.2) is 11.0 Å². The van der Waals surface area contributed by atoms with Gasteiger partial charge in [-0.15, -0.1) is 10.2 Å². The predicted molar refractivity (Wildman–Crippen MR) is 103 cm³/mol. The molecule has 0 aliphatic rings. The van der Waals surface area contributed by atoms with E-state index in [-0.39, 0.29) is 23.0 Å². The Morgan fingerprint density at radius 1 is 1.19 bits per heavy atom. The van der Waals surface area contributed by atoms with Gasteiger partial charge in [0, 0.05) is 29.2 Å². The Kier molecular flexibility index (Phi) is 5.55. The van der Waals surface area contributed by atoms with Gasteiger partial charge in [-0.25, -0.2) is 4.39 Å². The fourth-order valence-corrected chi connectivity index (χ4v) is 3.20. The fourth-order valence-electron chi connectivity index (χ4n) is 2.45. The van der Waals surface area contributed by atoms with Gasteiger partial charge in [-0.05, 0) is 57.2 Å². The first-order valence-corrected chi connectivity index (χ1v) is 9.37. The van der Waals surface area contributed by atoms with E-state index in [9.17, 15) is 9.18 Å². The van der Waals surface area contributed by atoms with Crippen LogP contribution in [-0.4, -0.2) is 36.9 Å². The molecule has 0 spiro atoms. The summed E-state index contributed by atoms with van der Waals surface area (Å²) in [7, 11) is 0. The maximum atomic E-state index is 13.4. The van der Waals surface area contributed by atoms with Gasteiger partial charge in [0.25, 0.3) is 0 Å². The Balaban J connectivity index is 1.93. The van der Waals surface area contributed by atoms with Crippen LogP contribution in [-0.2, 0) is 4.79 Å². The van der Waals surface area contributed by atoms with E-state index >= 15 is 0 Å². The lowest BCUT2D eigenvalue weighted by Gasteiger charge is -2.20. The second kappa shape index (κ2) is 7.87. The van der Waals surface area contributed by atoms with E-state index in [1.807, 2.05) is 32.9 Å². The van der Waals surface area contributed by atoms with Crippen LogP contribution in [0.25, 0.3) is 17.1 Å². The van der Waals surface area contributed by atoms with Gasteiger partial charge >= 0.3 is 0 Å². The molecule has 0 atom stereocenters. The summed E-state index contributed by atoms with van der Waals surface area (Å²) in [4.78, 5) is 16.3. The molecule has 0 saturated heterocycles. The summed E-state index contributed by atoms with van der Waals surface area (Å²) in [5.41, 5.74) is 1.18. The minimum atomic E-state index is -0.325. The highest BCUT2D eigenvalue weighted by atomic mass is 32.2. The summed E-state index contributed by atoms with van der Waals surface area (Å²) in [5, 5.41) is 12.0. The number of rotatable bonds is 5. The van der Waals surface area contributed by atoms with Crippen molar-refractivity contribution in [1.29, 1.82) is 0 Å². The average molecular weight is 385 g/mol. The maximum Gasteiger partial charge on any atom is 0.230 e. The van der Waals surface area contributed by atoms with Crippen molar-refractivity contribution in [2.75, 3.05) is 5.75 Å². The largest absolute Gasteiger partial charge is 0.351 e. The molecule has 2 aromatic heterocycles. The molecule has 1 amide bonds. The minimum absolute atomic E-state index is 0.0934. The average Bonchev–Trinajstić information content (AvgIpc) is 3.04. The smallest absolute Gasteiger partial charge is 0.230 e. The number of aromatic nitrogens is 4. The Morgan fingerprint density at radius 2 is 1.93 bits per heavy atom. The van der Waals surface area contributed by atoms with Gasteiger partial charge < -0.3 is 5.32 Å². The summed E-state index contributed by atoms with van der Waals surface area (Å²) in [6, 6.07) is 9.74. The number of hydrogen-bond donors (Lipinski definition) is 1. The molecule has 1 N–H and O–H groups in total. The van der Waals surface area contributed by atoms with Crippen molar-refractivity contribution in [3.63, 3.8) is 0 Å². The number of pyridine rings is 1. The molecule has 1 aromatic carbocycles. The van der Waals surface area contributed by atoms with Crippen LogP contribution in [0.4, 0.5) is 4.39 Å². The summed E-state index contributed by atoms with van der Waals surface area (Å²) in [6.07, 6.45) is 3.36. The first-order valence-electron chi connectivity index (χ1n) is 8.39. The molecule has 0 unspecified atom stereocenters. The number of carbonyl (C=O) groups excluding carboxylic acids is 1. The second-order valence-corrected chi connectivity index (χ2v) is 7.89. The molecule has 0 radical (unpaired) electrons. The molecule has 3 rings (SSSR count). The van der Waals surface area contributed by atoms with Crippen LogP contribution in [0.5, 0.6) is 0 Å². The summed E-state index contributed by atoms with van der Waals surface area (Å²) in [6.45, 7) is 5.78. The number of carbonyl (C=O) groups is 1. The van der Waals surface area contributed by atoms with Crippen LogP contribution in [0.15, 0.2) is 53.9 Å². The van der Waals surface area contributed by atoms with Crippen molar-refractivity contribution in [2.45, 2.75) is 31.5 Å². The molecule has 27 heavy (non-hydrogen) atoms. The lowest BCUT2D eigenvalue weighted by molar-refractivity contribution is -0.119. The maximum absolute atomic E-state index is 13.4. The third kappa shape index (κ3) is 4.91. The van der Waals surface area contributed by atoms with Gasteiger partial charge in [0.2, 0.25) is 5.91 Å². The Hall–Kier alpha value is -2.74. The predicted octanol–water partition coefficient (Wildman–Crippen LogP) is 3.48. The molecule has 8 heteroatoms. The number of halogens is 1. The summed E-state index contributed by atoms with van der Waals surface area (Å²) in [5.74, 6) is 0.356. The Morgan fingerprint density at radius 3 is 2.56 bits per heavy atom. The molecule has 0 saturated carbocycles. The van der Waals surface area contributed by atoms with Gasteiger partial charge in [0.1, 0.15) is 5.82 Å². The molecule has 3 aromatic rings. The van der Waals surface area contributed by atoms with E-state index in [1.54, 1.807) is 29.1 Å². The summed E-state index contributed by atoms with van der Waals surface area (Å²) >= 11 is 1.27. The van der Waals surface area contributed by atoms with E-state index in [1.165, 1.54) is 23.9 Å². The molecule has 2 heterocycles.